The highest BCUT2D eigenvalue weighted by Crippen LogP contribution is 2.36. The van der Waals surface area contributed by atoms with Crippen LogP contribution in [-0.4, -0.2) is 0 Å². The lowest BCUT2D eigenvalue weighted by molar-refractivity contribution is 1.65. The molecule has 1 nitrogen and oxygen atoms in total. The van der Waals surface area contributed by atoms with Gasteiger partial charge in [0.1, 0.15) is 0 Å². The second-order valence-electron chi connectivity index (χ2n) is 5.23. The fourth-order valence-electron chi connectivity index (χ4n) is 2.97. The van der Waals surface area contributed by atoms with Crippen molar-refractivity contribution in [2.45, 2.75) is 0 Å². The Morgan fingerprint density at radius 1 is 0.714 bits per heavy atom. The largest absolute Gasteiger partial charge is 0.398 e. The molecule has 0 aliphatic carbocycles. The summed E-state index contributed by atoms with van der Waals surface area (Å²) in [5.74, 6) is 0. The van der Waals surface area contributed by atoms with Gasteiger partial charge in [-0.3, -0.25) is 0 Å². The van der Waals surface area contributed by atoms with Gasteiger partial charge in [-0.05, 0) is 44.8 Å². The third-order valence-electron chi connectivity index (χ3n) is 3.88. The fourth-order valence-corrected chi connectivity index (χ4v) is 2.97. The fraction of sp³-hybridized carbons (Fsp3) is 0. The van der Waals surface area contributed by atoms with E-state index in [4.69, 9.17) is 5.73 Å². The van der Waals surface area contributed by atoms with Gasteiger partial charge in [0.2, 0.25) is 0 Å². The van der Waals surface area contributed by atoms with Crippen LogP contribution in [0.3, 0.4) is 0 Å². The molecule has 1 heteroatoms. The van der Waals surface area contributed by atoms with E-state index in [-0.39, 0.29) is 0 Å². The Hall–Kier alpha value is -2.80. The maximum atomic E-state index is 5.93. The average Bonchev–Trinajstić information content (AvgIpc) is 2.52. The van der Waals surface area contributed by atoms with Crippen molar-refractivity contribution in [3.05, 3.63) is 78.9 Å². The number of nitrogen functional groups attached to an aromatic ring is 1. The molecule has 0 atom stereocenters. The van der Waals surface area contributed by atoms with Crippen molar-refractivity contribution in [3.63, 3.8) is 0 Å². The zero-order valence-electron chi connectivity index (χ0n) is 11.5. The average molecular weight is 268 g/mol. The topological polar surface area (TPSA) is 26.0 Å². The van der Waals surface area contributed by atoms with Gasteiger partial charge in [0.05, 0.1) is 0 Å². The molecule has 0 fully saturated rings. The molecule has 0 heterocycles. The smallest absolute Gasteiger partial charge is 0.0400 e. The molecule has 1 radical (unpaired) electrons. The van der Waals surface area contributed by atoms with Crippen LogP contribution < -0.4 is 5.73 Å². The van der Waals surface area contributed by atoms with Crippen molar-refractivity contribution in [2.24, 2.45) is 0 Å². The van der Waals surface area contributed by atoms with Crippen LogP contribution in [0, 0.1) is 6.07 Å². The van der Waals surface area contributed by atoms with Gasteiger partial charge in [0.15, 0.2) is 0 Å². The Bertz CT molecular complexity index is 900. The molecule has 0 aliphatic rings. The van der Waals surface area contributed by atoms with E-state index in [1.54, 1.807) is 0 Å². The highest BCUT2D eigenvalue weighted by atomic mass is 14.5. The van der Waals surface area contributed by atoms with E-state index in [1.165, 1.54) is 27.1 Å². The van der Waals surface area contributed by atoms with Crippen LogP contribution in [0.15, 0.2) is 72.8 Å². The number of anilines is 1. The number of hydrogen-bond acceptors (Lipinski definition) is 1. The molecule has 4 aromatic rings. The molecule has 21 heavy (non-hydrogen) atoms. The number of nitrogens with two attached hydrogens (primary N) is 1. The van der Waals surface area contributed by atoms with Crippen molar-refractivity contribution < 1.29 is 0 Å². The maximum absolute atomic E-state index is 5.93. The first kappa shape index (κ1) is 12.0. The summed E-state index contributed by atoms with van der Waals surface area (Å²) in [7, 11) is 0. The maximum Gasteiger partial charge on any atom is 0.0400 e. The second-order valence-corrected chi connectivity index (χ2v) is 5.23. The van der Waals surface area contributed by atoms with Gasteiger partial charge < -0.3 is 5.73 Å². The monoisotopic (exact) mass is 268 g/mol. The van der Waals surface area contributed by atoms with Crippen LogP contribution >= 0.6 is 0 Å². The minimum atomic E-state index is 0.671. The molecular formula is C20H14N. The summed E-state index contributed by atoms with van der Waals surface area (Å²) in [6, 6.07) is 28.2. The van der Waals surface area contributed by atoms with Gasteiger partial charge in [-0.1, -0.05) is 60.7 Å². The number of hydrogen-bond donors (Lipinski definition) is 1. The molecule has 0 unspecified atom stereocenters. The Labute approximate surface area is 123 Å². The third kappa shape index (κ3) is 1.95. The quantitative estimate of drug-likeness (QED) is 0.380. The lowest BCUT2D eigenvalue weighted by Crippen LogP contribution is -1.88. The van der Waals surface area contributed by atoms with Crippen LogP contribution in [-0.2, 0) is 0 Å². The van der Waals surface area contributed by atoms with Gasteiger partial charge in [-0.2, -0.15) is 0 Å². The van der Waals surface area contributed by atoms with Crippen LogP contribution in [0.2, 0.25) is 0 Å². The summed E-state index contributed by atoms with van der Waals surface area (Å²) in [6.45, 7) is 0. The van der Waals surface area contributed by atoms with E-state index in [1.807, 2.05) is 12.1 Å². The second kappa shape index (κ2) is 4.64. The summed E-state index contributed by atoms with van der Waals surface area (Å²) in [6.07, 6.45) is 0. The van der Waals surface area contributed by atoms with Crippen molar-refractivity contribution in [3.8, 4) is 11.1 Å². The van der Waals surface area contributed by atoms with Gasteiger partial charge in [-0.25, -0.2) is 0 Å². The summed E-state index contributed by atoms with van der Waals surface area (Å²) < 4.78 is 0. The molecule has 0 saturated carbocycles. The highest BCUT2D eigenvalue weighted by molar-refractivity contribution is 6.12. The molecule has 2 N–H and O–H groups in total. The number of fused-ring (bicyclic) bond motifs is 2. The highest BCUT2D eigenvalue weighted by Gasteiger charge is 2.09. The summed E-state index contributed by atoms with van der Waals surface area (Å²) >= 11 is 0. The van der Waals surface area contributed by atoms with E-state index in [0.29, 0.717) is 5.69 Å². The summed E-state index contributed by atoms with van der Waals surface area (Å²) in [5, 5.41) is 5.00. The molecule has 0 aromatic heterocycles. The molecule has 0 spiro atoms. The Kier molecular flexibility index (Phi) is 2.65. The molecule has 0 saturated heterocycles. The lowest BCUT2D eigenvalue weighted by atomic mass is 9.92. The predicted octanol–water partition coefficient (Wildman–Crippen LogP) is 5.04. The zero-order chi connectivity index (χ0) is 14.2. The standard InChI is InChI=1S/C20H14N/c21-17-9-5-8-16(13-17)20-18-10-3-1-6-14(18)12-15-7-2-4-11-19(15)20/h1-8,10-13H,21H2. The van der Waals surface area contributed by atoms with Crippen molar-refractivity contribution in [1.29, 1.82) is 0 Å². The molecule has 0 aliphatic heterocycles. The molecule has 0 amide bonds. The first-order valence-corrected chi connectivity index (χ1v) is 7.01. The normalized spacial score (nSPS) is 11.0. The molecule has 4 aromatic carbocycles. The first-order valence-electron chi connectivity index (χ1n) is 7.01. The van der Waals surface area contributed by atoms with Crippen molar-refractivity contribution in [1.82, 2.24) is 0 Å². The Morgan fingerprint density at radius 2 is 1.33 bits per heavy atom. The lowest BCUT2D eigenvalue weighted by Gasteiger charge is -2.12. The van der Waals surface area contributed by atoms with Gasteiger partial charge >= 0.3 is 0 Å². The van der Waals surface area contributed by atoms with Crippen molar-refractivity contribution in [2.75, 3.05) is 5.73 Å². The Morgan fingerprint density at radius 3 is 1.95 bits per heavy atom. The molecule has 99 valence electrons. The van der Waals surface area contributed by atoms with Crippen LogP contribution in [0.1, 0.15) is 0 Å². The SMILES string of the molecule is Nc1[c]ccc(-c2c3ccccc3cc3ccccc23)c1. The van der Waals surface area contributed by atoms with Crippen LogP contribution in [0.25, 0.3) is 32.7 Å². The Balaban J connectivity index is 2.21. The number of benzene rings is 4. The van der Waals surface area contributed by atoms with E-state index in [2.05, 4.69) is 66.7 Å². The first-order chi connectivity index (χ1) is 10.3. The summed E-state index contributed by atoms with van der Waals surface area (Å²) in [5.41, 5.74) is 8.98. The van der Waals surface area contributed by atoms with E-state index in [0.717, 1.165) is 5.56 Å². The van der Waals surface area contributed by atoms with E-state index in [9.17, 15) is 0 Å². The van der Waals surface area contributed by atoms with Crippen LogP contribution in [0.5, 0.6) is 0 Å². The molecular weight excluding hydrogens is 254 g/mol. The summed E-state index contributed by atoms with van der Waals surface area (Å²) in [4.78, 5) is 0. The van der Waals surface area contributed by atoms with Crippen molar-refractivity contribution >= 4 is 27.2 Å². The van der Waals surface area contributed by atoms with E-state index >= 15 is 0 Å². The van der Waals surface area contributed by atoms with Gasteiger partial charge in [0.25, 0.3) is 0 Å². The zero-order valence-corrected chi connectivity index (χ0v) is 11.5. The van der Waals surface area contributed by atoms with E-state index < -0.39 is 0 Å². The predicted molar refractivity (Wildman–Crippen MR) is 90.1 cm³/mol. The third-order valence-corrected chi connectivity index (χ3v) is 3.88. The van der Waals surface area contributed by atoms with Gasteiger partial charge in [-0.15, -0.1) is 0 Å². The minimum absolute atomic E-state index is 0.671. The van der Waals surface area contributed by atoms with Crippen LogP contribution in [0.4, 0.5) is 5.69 Å². The minimum Gasteiger partial charge on any atom is -0.398 e. The van der Waals surface area contributed by atoms with Gasteiger partial charge in [0, 0.05) is 11.8 Å². The number of rotatable bonds is 1. The molecule has 4 rings (SSSR count). The molecule has 0 bridgehead atoms.